The monoisotopic (exact) mass is 204 g/mol. The van der Waals surface area contributed by atoms with Crippen LogP contribution in [0.25, 0.3) is 0 Å². The van der Waals surface area contributed by atoms with Crippen molar-refractivity contribution < 1.29 is 4.79 Å². The van der Waals surface area contributed by atoms with E-state index in [0.717, 1.165) is 24.8 Å². The molecule has 15 heavy (non-hydrogen) atoms. The predicted molar refractivity (Wildman–Crippen MR) is 64.4 cm³/mol. The molecule has 0 aliphatic heterocycles. The minimum absolute atomic E-state index is 0.303. The first kappa shape index (κ1) is 12.0. The molecule has 82 valence electrons. The molecule has 0 fully saturated rings. The van der Waals surface area contributed by atoms with Crippen molar-refractivity contribution in [3.05, 3.63) is 34.9 Å². The number of unbranched alkanes of at least 4 members (excludes halogenated alkanes) is 1. The van der Waals surface area contributed by atoms with Crippen LogP contribution in [0.2, 0.25) is 0 Å². The zero-order valence-electron chi connectivity index (χ0n) is 9.97. The van der Waals surface area contributed by atoms with Gasteiger partial charge in [0.1, 0.15) is 0 Å². The van der Waals surface area contributed by atoms with Gasteiger partial charge in [-0.15, -0.1) is 0 Å². The SMILES string of the molecule is CCCCC(=O)c1cccc(C)c1CC. The maximum Gasteiger partial charge on any atom is 0.163 e. The van der Waals surface area contributed by atoms with Crippen LogP contribution in [0.1, 0.15) is 54.6 Å². The summed E-state index contributed by atoms with van der Waals surface area (Å²) < 4.78 is 0. The van der Waals surface area contributed by atoms with Crippen LogP contribution in [0.4, 0.5) is 0 Å². The lowest BCUT2D eigenvalue weighted by atomic mass is 9.95. The molecule has 0 spiro atoms. The average molecular weight is 204 g/mol. The fourth-order valence-electron chi connectivity index (χ4n) is 1.90. The molecule has 1 nitrogen and oxygen atoms in total. The molecule has 1 aromatic rings. The van der Waals surface area contributed by atoms with Gasteiger partial charge >= 0.3 is 0 Å². The van der Waals surface area contributed by atoms with Crippen molar-refractivity contribution in [2.24, 2.45) is 0 Å². The Labute approximate surface area is 92.5 Å². The highest BCUT2D eigenvalue weighted by Gasteiger charge is 2.10. The number of hydrogen-bond acceptors (Lipinski definition) is 1. The van der Waals surface area contributed by atoms with Crippen molar-refractivity contribution in [3.63, 3.8) is 0 Å². The molecular weight excluding hydrogens is 184 g/mol. The van der Waals surface area contributed by atoms with Crippen LogP contribution in [0.5, 0.6) is 0 Å². The molecule has 0 bridgehead atoms. The van der Waals surface area contributed by atoms with Gasteiger partial charge in [-0.2, -0.15) is 0 Å². The minimum Gasteiger partial charge on any atom is -0.294 e. The van der Waals surface area contributed by atoms with Gasteiger partial charge in [0.2, 0.25) is 0 Å². The molecule has 0 amide bonds. The Morgan fingerprint density at radius 3 is 2.60 bits per heavy atom. The molecule has 0 unspecified atom stereocenters. The van der Waals surface area contributed by atoms with Gasteiger partial charge in [-0.25, -0.2) is 0 Å². The van der Waals surface area contributed by atoms with Gasteiger partial charge in [-0.05, 0) is 30.9 Å². The van der Waals surface area contributed by atoms with Gasteiger partial charge in [-0.1, -0.05) is 38.5 Å². The van der Waals surface area contributed by atoms with E-state index >= 15 is 0 Å². The van der Waals surface area contributed by atoms with Crippen molar-refractivity contribution >= 4 is 5.78 Å². The van der Waals surface area contributed by atoms with Gasteiger partial charge in [0.25, 0.3) is 0 Å². The summed E-state index contributed by atoms with van der Waals surface area (Å²) in [7, 11) is 0. The number of aryl methyl sites for hydroxylation is 1. The number of rotatable bonds is 5. The summed E-state index contributed by atoms with van der Waals surface area (Å²) in [5, 5.41) is 0. The molecule has 1 heteroatoms. The molecule has 0 heterocycles. The summed E-state index contributed by atoms with van der Waals surface area (Å²) >= 11 is 0. The lowest BCUT2D eigenvalue weighted by Crippen LogP contribution is -2.04. The second-order valence-corrected chi connectivity index (χ2v) is 3.98. The van der Waals surface area contributed by atoms with Crippen LogP contribution >= 0.6 is 0 Å². The lowest BCUT2D eigenvalue weighted by molar-refractivity contribution is 0.0979. The Hall–Kier alpha value is -1.11. The zero-order chi connectivity index (χ0) is 11.3. The topological polar surface area (TPSA) is 17.1 Å². The third kappa shape index (κ3) is 2.92. The normalized spacial score (nSPS) is 10.3. The van der Waals surface area contributed by atoms with E-state index < -0.39 is 0 Å². The van der Waals surface area contributed by atoms with Gasteiger partial charge in [0, 0.05) is 12.0 Å². The molecule has 1 aromatic carbocycles. The molecule has 0 N–H and O–H groups in total. The predicted octanol–water partition coefficient (Wildman–Crippen LogP) is 3.93. The fourth-order valence-corrected chi connectivity index (χ4v) is 1.90. The standard InChI is InChI=1S/C14H20O/c1-4-6-10-14(15)13-9-7-8-11(3)12(13)5-2/h7-9H,4-6,10H2,1-3H3. The Morgan fingerprint density at radius 2 is 2.00 bits per heavy atom. The maximum atomic E-state index is 11.9. The average Bonchev–Trinajstić information content (AvgIpc) is 2.25. The number of carbonyl (C=O) groups excluding carboxylic acids is 1. The van der Waals surface area contributed by atoms with Crippen LogP contribution in [0.3, 0.4) is 0 Å². The summed E-state index contributed by atoms with van der Waals surface area (Å²) in [6, 6.07) is 6.02. The summed E-state index contributed by atoms with van der Waals surface area (Å²) in [6.07, 6.45) is 3.71. The van der Waals surface area contributed by atoms with E-state index in [1.54, 1.807) is 0 Å². The first-order valence-electron chi connectivity index (χ1n) is 5.82. The Bertz CT molecular complexity index is 339. The first-order valence-corrected chi connectivity index (χ1v) is 5.82. The van der Waals surface area contributed by atoms with Crippen LogP contribution in [0.15, 0.2) is 18.2 Å². The van der Waals surface area contributed by atoms with Crippen LogP contribution < -0.4 is 0 Å². The Kier molecular flexibility index (Phi) is 4.54. The second-order valence-electron chi connectivity index (χ2n) is 3.98. The number of Topliss-reactive ketones (excluding diaryl/α,β-unsaturated/α-hetero) is 1. The van der Waals surface area contributed by atoms with Gasteiger partial charge in [0.15, 0.2) is 5.78 Å². The van der Waals surface area contributed by atoms with E-state index in [2.05, 4.69) is 26.8 Å². The lowest BCUT2D eigenvalue weighted by Gasteiger charge is -2.09. The van der Waals surface area contributed by atoms with Crippen molar-refractivity contribution in [1.82, 2.24) is 0 Å². The minimum atomic E-state index is 0.303. The molecule has 0 radical (unpaired) electrons. The second kappa shape index (κ2) is 5.69. The highest BCUT2D eigenvalue weighted by Crippen LogP contribution is 2.17. The third-order valence-electron chi connectivity index (χ3n) is 2.82. The summed E-state index contributed by atoms with van der Waals surface area (Å²) in [5.41, 5.74) is 3.39. The highest BCUT2D eigenvalue weighted by molar-refractivity contribution is 5.97. The van der Waals surface area contributed by atoms with Gasteiger partial charge in [0.05, 0.1) is 0 Å². The summed E-state index contributed by atoms with van der Waals surface area (Å²) in [6.45, 7) is 6.30. The fraction of sp³-hybridized carbons (Fsp3) is 0.500. The first-order chi connectivity index (χ1) is 7.20. The molecule has 0 aromatic heterocycles. The number of benzene rings is 1. The molecule has 0 aliphatic rings. The molecule has 0 aliphatic carbocycles. The number of hydrogen-bond donors (Lipinski definition) is 0. The van der Waals surface area contributed by atoms with Crippen molar-refractivity contribution in [1.29, 1.82) is 0 Å². The van der Waals surface area contributed by atoms with Gasteiger partial charge in [-0.3, -0.25) is 4.79 Å². The highest BCUT2D eigenvalue weighted by atomic mass is 16.1. The number of ketones is 1. The van der Waals surface area contributed by atoms with Crippen molar-refractivity contribution in [3.8, 4) is 0 Å². The molecule has 0 atom stereocenters. The summed E-state index contributed by atoms with van der Waals surface area (Å²) in [4.78, 5) is 11.9. The van der Waals surface area contributed by atoms with Gasteiger partial charge < -0.3 is 0 Å². The maximum absolute atomic E-state index is 11.9. The molecular formula is C14H20O. The van der Waals surface area contributed by atoms with Crippen LogP contribution in [-0.4, -0.2) is 5.78 Å². The Morgan fingerprint density at radius 1 is 1.27 bits per heavy atom. The Balaban J connectivity index is 2.92. The van der Waals surface area contributed by atoms with Crippen molar-refractivity contribution in [2.45, 2.75) is 46.5 Å². The van der Waals surface area contributed by atoms with Crippen LogP contribution in [0, 0.1) is 6.92 Å². The van der Waals surface area contributed by atoms with Crippen molar-refractivity contribution in [2.75, 3.05) is 0 Å². The molecule has 0 saturated heterocycles. The molecule has 1 rings (SSSR count). The van der Waals surface area contributed by atoms with E-state index in [1.807, 2.05) is 12.1 Å². The number of carbonyl (C=O) groups is 1. The quantitative estimate of drug-likeness (QED) is 0.664. The third-order valence-corrected chi connectivity index (χ3v) is 2.82. The van der Waals surface area contributed by atoms with Crippen LogP contribution in [-0.2, 0) is 6.42 Å². The van der Waals surface area contributed by atoms with E-state index in [0.29, 0.717) is 12.2 Å². The largest absolute Gasteiger partial charge is 0.294 e. The molecule has 0 saturated carbocycles. The zero-order valence-corrected chi connectivity index (χ0v) is 9.97. The van der Waals surface area contributed by atoms with E-state index in [9.17, 15) is 4.79 Å². The van der Waals surface area contributed by atoms with E-state index in [4.69, 9.17) is 0 Å². The van der Waals surface area contributed by atoms with E-state index in [-0.39, 0.29) is 0 Å². The smallest absolute Gasteiger partial charge is 0.163 e. The summed E-state index contributed by atoms with van der Waals surface area (Å²) in [5.74, 6) is 0.303. The van der Waals surface area contributed by atoms with E-state index in [1.165, 1.54) is 11.1 Å².